The number of aromatic nitrogens is 5. The minimum Gasteiger partial charge on any atom is -0.353 e. The molecule has 4 N–H and O–H groups in total. The van der Waals surface area contributed by atoms with Crippen LogP contribution in [-0.4, -0.2) is 55.0 Å². The van der Waals surface area contributed by atoms with E-state index >= 15 is 0 Å². The van der Waals surface area contributed by atoms with Gasteiger partial charge in [0.1, 0.15) is 11.5 Å². The third-order valence-electron chi connectivity index (χ3n) is 6.58. The standard InChI is InChI=1S/C28H26N8/c1-3-23(33-27(4-2)36-15-19(29)16-36)18-5-6-24-21(11-18)28(35-34-24)25-12-20-22(13-31-14-26(20)32-25)17-7-9-30-10-8-17/h3-14,19,32H,2,15-16,29H2,1H3,(H,34,35)/b23-3-,33-27?. The van der Waals surface area contributed by atoms with Crippen molar-refractivity contribution in [2.45, 2.75) is 13.0 Å². The molecule has 5 heterocycles. The molecule has 1 saturated heterocycles. The number of rotatable bonds is 5. The van der Waals surface area contributed by atoms with Gasteiger partial charge >= 0.3 is 0 Å². The molecular weight excluding hydrogens is 448 g/mol. The topological polar surface area (TPSA) is 112 Å². The van der Waals surface area contributed by atoms with Crippen molar-refractivity contribution in [2.75, 3.05) is 13.1 Å². The van der Waals surface area contributed by atoms with Crippen LogP contribution in [0.3, 0.4) is 0 Å². The van der Waals surface area contributed by atoms with Crippen LogP contribution in [0.15, 0.2) is 84.9 Å². The molecule has 5 aromatic rings. The van der Waals surface area contributed by atoms with Crippen molar-refractivity contribution in [3.8, 4) is 22.5 Å². The molecule has 0 bridgehead atoms. The van der Waals surface area contributed by atoms with E-state index in [1.807, 2.05) is 43.6 Å². The molecular formula is C28H26N8. The number of allylic oxidation sites excluding steroid dienone is 1. The maximum absolute atomic E-state index is 5.96. The third-order valence-corrected chi connectivity index (χ3v) is 6.58. The first kappa shape index (κ1) is 21.9. The maximum atomic E-state index is 5.96. The van der Waals surface area contributed by atoms with Crippen LogP contribution in [0.25, 0.3) is 50.0 Å². The highest BCUT2D eigenvalue weighted by Gasteiger charge is 2.25. The number of nitrogens with two attached hydrogens (primary N) is 1. The number of hydrogen-bond donors (Lipinski definition) is 3. The number of fused-ring (bicyclic) bond motifs is 2. The molecule has 36 heavy (non-hydrogen) atoms. The molecule has 1 aliphatic heterocycles. The number of aromatic amines is 2. The molecule has 0 radical (unpaired) electrons. The second kappa shape index (κ2) is 8.90. The summed E-state index contributed by atoms with van der Waals surface area (Å²) in [6, 6.07) is 12.5. The summed E-state index contributed by atoms with van der Waals surface area (Å²) in [4.78, 5) is 19.1. The molecule has 0 amide bonds. The summed E-state index contributed by atoms with van der Waals surface area (Å²) in [5.41, 5.74) is 13.6. The summed E-state index contributed by atoms with van der Waals surface area (Å²) in [6.07, 6.45) is 11.1. The lowest BCUT2D eigenvalue weighted by Gasteiger charge is -2.38. The lowest BCUT2D eigenvalue weighted by atomic mass is 10.0. The molecule has 0 aliphatic carbocycles. The van der Waals surface area contributed by atoms with Crippen molar-refractivity contribution in [2.24, 2.45) is 10.7 Å². The fraction of sp³-hybridized carbons (Fsp3) is 0.143. The molecule has 8 nitrogen and oxygen atoms in total. The fourth-order valence-electron chi connectivity index (χ4n) is 4.68. The number of H-pyrrole nitrogens is 2. The summed E-state index contributed by atoms with van der Waals surface area (Å²) in [5, 5.41) is 9.91. The van der Waals surface area contributed by atoms with E-state index in [-0.39, 0.29) is 6.04 Å². The van der Waals surface area contributed by atoms with Crippen molar-refractivity contribution in [1.82, 2.24) is 30.0 Å². The van der Waals surface area contributed by atoms with Crippen LogP contribution >= 0.6 is 0 Å². The van der Waals surface area contributed by atoms with Crippen molar-refractivity contribution in [3.63, 3.8) is 0 Å². The van der Waals surface area contributed by atoms with E-state index in [9.17, 15) is 0 Å². The lowest BCUT2D eigenvalue weighted by Crippen LogP contribution is -2.57. The van der Waals surface area contributed by atoms with E-state index in [2.05, 4.69) is 54.8 Å². The predicted octanol–water partition coefficient (Wildman–Crippen LogP) is 4.76. The molecule has 1 fully saturated rings. The van der Waals surface area contributed by atoms with E-state index in [1.165, 1.54) is 0 Å². The summed E-state index contributed by atoms with van der Waals surface area (Å²) < 4.78 is 0. The minimum atomic E-state index is 0.194. The number of nitrogens with one attached hydrogen (secondary N) is 2. The summed E-state index contributed by atoms with van der Waals surface area (Å²) in [6.45, 7) is 7.53. The molecule has 0 unspecified atom stereocenters. The average Bonchev–Trinajstić information content (AvgIpc) is 3.52. The maximum Gasteiger partial charge on any atom is 0.128 e. The zero-order chi connectivity index (χ0) is 24.6. The number of hydrogen-bond acceptors (Lipinski definition) is 5. The lowest BCUT2D eigenvalue weighted by molar-refractivity contribution is 0.256. The summed E-state index contributed by atoms with van der Waals surface area (Å²) >= 11 is 0. The smallest absolute Gasteiger partial charge is 0.128 e. The van der Waals surface area contributed by atoms with E-state index in [1.54, 1.807) is 18.5 Å². The highest BCUT2D eigenvalue weighted by molar-refractivity contribution is 6.02. The monoisotopic (exact) mass is 474 g/mol. The fourth-order valence-corrected chi connectivity index (χ4v) is 4.68. The van der Waals surface area contributed by atoms with Gasteiger partial charge in [-0.3, -0.25) is 15.1 Å². The first-order chi connectivity index (χ1) is 17.6. The Balaban J connectivity index is 1.41. The van der Waals surface area contributed by atoms with Crippen LogP contribution in [0.1, 0.15) is 12.5 Å². The Morgan fingerprint density at radius 3 is 2.67 bits per heavy atom. The Bertz CT molecular complexity index is 1630. The Labute approximate surface area is 208 Å². The van der Waals surface area contributed by atoms with Crippen LogP contribution < -0.4 is 5.73 Å². The highest BCUT2D eigenvalue weighted by atomic mass is 15.3. The molecule has 4 aromatic heterocycles. The van der Waals surface area contributed by atoms with E-state index < -0.39 is 0 Å². The van der Waals surface area contributed by atoms with E-state index in [0.29, 0.717) is 0 Å². The zero-order valence-electron chi connectivity index (χ0n) is 19.9. The summed E-state index contributed by atoms with van der Waals surface area (Å²) in [7, 11) is 0. The van der Waals surface area contributed by atoms with Crippen molar-refractivity contribution >= 4 is 33.3 Å². The number of pyridine rings is 2. The quantitative estimate of drug-likeness (QED) is 0.251. The van der Waals surface area contributed by atoms with Gasteiger partial charge in [0.05, 0.1) is 28.6 Å². The van der Waals surface area contributed by atoms with Gasteiger partial charge in [0.2, 0.25) is 0 Å². The van der Waals surface area contributed by atoms with E-state index in [0.717, 1.165) is 74.5 Å². The Hall–Kier alpha value is -4.56. The van der Waals surface area contributed by atoms with Gasteiger partial charge in [-0.05, 0) is 48.9 Å². The molecule has 0 saturated carbocycles. The number of amidine groups is 1. The molecule has 178 valence electrons. The highest BCUT2D eigenvalue weighted by Crippen LogP contribution is 2.34. The number of likely N-dealkylation sites (tertiary alicyclic amines) is 1. The first-order valence-corrected chi connectivity index (χ1v) is 11.9. The third kappa shape index (κ3) is 3.77. The Morgan fingerprint density at radius 1 is 1.08 bits per heavy atom. The van der Waals surface area contributed by atoms with Crippen LogP contribution in [-0.2, 0) is 0 Å². The largest absolute Gasteiger partial charge is 0.353 e. The number of nitrogens with zero attached hydrogens (tertiary/aromatic N) is 5. The zero-order valence-corrected chi connectivity index (χ0v) is 19.9. The van der Waals surface area contributed by atoms with Gasteiger partial charge in [-0.2, -0.15) is 5.10 Å². The van der Waals surface area contributed by atoms with Gasteiger partial charge in [-0.1, -0.05) is 18.7 Å². The summed E-state index contributed by atoms with van der Waals surface area (Å²) in [5.74, 6) is 0.837. The molecule has 8 heteroatoms. The van der Waals surface area contributed by atoms with E-state index in [4.69, 9.17) is 10.7 Å². The predicted molar refractivity (Wildman–Crippen MR) is 145 cm³/mol. The SMILES string of the molecule is C=CC(=N/C(=C\C)c1ccc2[nH]nc(-c3cc4c(-c5ccncc5)cncc4[nH]3)c2c1)N1CC(N)C1. The van der Waals surface area contributed by atoms with Crippen LogP contribution in [0.5, 0.6) is 0 Å². The molecule has 0 atom stereocenters. The second-order valence-corrected chi connectivity index (χ2v) is 8.91. The van der Waals surface area contributed by atoms with Crippen LogP contribution in [0.4, 0.5) is 0 Å². The van der Waals surface area contributed by atoms with Crippen molar-refractivity contribution < 1.29 is 0 Å². The normalized spacial score (nSPS) is 15.0. The number of aliphatic imine (C=N–C) groups is 1. The molecule has 6 rings (SSSR count). The van der Waals surface area contributed by atoms with Gasteiger partial charge in [0.25, 0.3) is 0 Å². The Kier molecular flexibility index (Phi) is 5.42. The average molecular weight is 475 g/mol. The number of benzene rings is 1. The van der Waals surface area contributed by atoms with Crippen molar-refractivity contribution in [1.29, 1.82) is 0 Å². The minimum absolute atomic E-state index is 0.194. The van der Waals surface area contributed by atoms with Crippen LogP contribution in [0.2, 0.25) is 0 Å². The molecule has 1 aliphatic rings. The van der Waals surface area contributed by atoms with Gasteiger partial charge in [-0.25, -0.2) is 4.99 Å². The molecule has 1 aromatic carbocycles. The van der Waals surface area contributed by atoms with Gasteiger partial charge in [0.15, 0.2) is 0 Å². The second-order valence-electron chi connectivity index (χ2n) is 8.91. The molecule has 0 spiro atoms. The van der Waals surface area contributed by atoms with Gasteiger partial charge in [-0.15, -0.1) is 0 Å². The van der Waals surface area contributed by atoms with Gasteiger partial charge < -0.3 is 15.6 Å². The van der Waals surface area contributed by atoms with Crippen LogP contribution in [0, 0.1) is 0 Å². The van der Waals surface area contributed by atoms with Crippen molar-refractivity contribution in [3.05, 3.63) is 85.5 Å². The first-order valence-electron chi connectivity index (χ1n) is 11.9. The van der Waals surface area contributed by atoms with Gasteiger partial charge in [0, 0.05) is 59.6 Å². The Morgan fingerprint density at radius 2 is 1.92 bits per heavy atom.